The van der Waals surface area contributed by atoms with Gasteiger partial charge >= 0.3 is 0 Å². The first kappa shape index (κ1) is 53.8. The van der Waals surface area contributed by atoms with Crippen molar-refractivity contribution in [3.8, 4) is 11.5 Å². The fourth-order valence-corrected chi connectivity index (χ4v) is 10.0. The Morgan fingerprint density at radius 2 is 0.750 bits per heavy atom. The molecule has 0 aromatic heterocycles. The second kappa shape index (κ2) is 20.7. The third-order valence-corrected chi connectivity index (χ3v) is 14.7. The van der Waals surface area contributed by atoms with Crippen LogP contribution < -0.4 is 0 Å². The van der Waals surface area contributed by atoms with Crippen LogP contribution in [0, 0.1) is 27.7 Å². The minimum Gasteiger partial charge on any atom is -0.508 e. The van der Waals surface area contributed by atoms with Gasteiger partial charge in [0, 0.05) is 10.8 Å². The molecule has 0 aliphatic heterocycles. The molecule has 0 aliphatic rings. The van der Waals surface area contributed by atoms with Crippen molar-refractivity contribution in [3.63, 3.8) is 0 Å². The maximum absolute atomic E-state index is 12.5. The quantitative estimate of drug-likeness (QED) is 0.0435. The Bertz CT molecular complexity index is 4360. The summed E-state index contributed by atoms with van der Waals surface area (Å²) in [5, 5.41) is 62.2. The Morgan fingerprint density at radius 1 is 0.329 bits per heavy atom. The van der Waals surface area contributed by atoms with Crippen LogP contribution in [0.25, 0.3) is 21.5 Å². The Kier molecular flexibility index (Phi) is 14.6. The number of phenols is 2. The molecule has 0 fully saturated rings. The molecular weight excluding hydrogens is 1070 g/mol. The average molecular weight is 1110 g/mol. The van der Waals surface area contributed by atoms with Crippen molar-refractivity contribution < 1.29 is 62.1 Å². The van der Waals surface area contributed by atoms with Crippen molar-refractivity contribution in [1.82, 2.24) is 0 Å². The van der Waals surface area contributed by atoms with Crippen LogP contribution in [-0.2, 0) is 40.5 Å². The summed E-state index contributed by atoms with van der Waals surface area (Å²) >= 11 is 0. The van der Waals surface area contributed by atoms with E-state index < -0.39 is 88.0 Å². The summed E-state index contributed by atoms with van der Waals surface area (Å²) in [6.45, 7) is 6.87. The molecule has 8 aromatic rings. The van der Waals surface area contributed by atoms with E-state index in [0.29, 0.717) is 74.2 Å². The molecule has 0 bridgehead atoms. The normalized spacial score (nSPS) is 13.0. The Balaban J connectivity index is 0.973. The van der Waals surface area contributed by atoms with Crippen molar-refractivity contribution >= 4 is 119 Å². The number of nitrogens with zero attached hydrogens (tertiary/aromatic N) is 10. The van der Waals surface area contributed by atoms with E-state index in [-0.39, 0.29) is 22.2 Å². The van der Waals surface area contributed by atoms with E-state index in [0.717, 1.165) is 18.2 Å². The molecule has 8 rings (SSSR count). The Hall–Kier alpha value is -8.48. The number of phenolic OH excluding ortho intramolecular Hbond substituents is 2. The SMILES string of the molecule is Cc1cc(N=Nc2cc(C)c(N=Nc3c(S(=O)(=O)O)cc4cc(N=Nc5ccc(O)cc5)ccc4c3O)cc2C)ccc1N=Nc1ccc(N=Nc2cc3c(S(=O)(=O)O)cc(S(=O)(=O)O)cc3cc2S(=O)(=O)O)c(C)c1. The average Bonchev–Trinajstić information content (AvgIpc) is 3.36. The van der Waals surface area contributed by atoms with Gasteiger partial charge in [0.05, 0.1) is 50.4 Å². The smallest absolute Gasteiger partial charge is 0.296 e. The summed E-state index contributed by atoms with van der Waals surface area (Å²) in [5.74, 6) is -0.501. The van der Waals surface area contributed by atoms with E-state index in [9.17, 15) is 62.1 Å². The van der Waals surface area contributed by atoms with Crippen molar-refractivity contribution in [2.24, 2.45) is 51.1 Å². The second-order valence-corrected chi connectivity index (χ2v) is 22.3. The van der Waals surface area contributed by atoms with E-state index in [2.05, 4.69) is 51.1 Å². The lowest BCUT2D eigenvalue weighted by molar-refractivity contribution is 0.472. The van der Waals surface area contributed by atoms with Gasteiger partial charge in [0.2, 0.25) is 0 Å². The first-order chi connectivity index (χ1) is 35.6. The van der Waals surface area contributed by atoms with Crippen molar-refractivity contribution in [1.29, 1.82) is 0 Å². The van der Waals surface area contributed by atoms with E-state index >= 15 is 0 Å². The number of hydrogen-bond acceptors (Lipinski definition) is 20. The Morgan fingerprint density at radius 3 is 1.29 bits per heavy atom. The van der Waals surface area contributed by atoms with E-state index in [1.54, 1.807) is 76.2 Å². The van der Waals surface area contributed by atoms with Crippen molar-refractivity contribution in [2.75, 3.05) is 0 Å². The molecule has 0 saturated carbocycles. The van der Waals surface area contributed by atoms with Crippen LogP contribution in [0.1, 0.15) is 22.3 Å². The van der Waals surface area contributed by atoms with E-state index in [4.69, 9.17) is 0 Å². The molecule has 76 heavy (non-hydrogen) atoms. The zero-order valence-electron chi connectivity index (χ0n) is 39.6. The summed E-state index contributed by atoms with van der Waals surface area (Å²) in [4.78, 5) is -3.56. The molecular formula is C48H38N10O14S4. The molecule has 24 nitrogen and oxygen atoms in total. The van der Waals surface area contributed by atoms with Crippen LogP contribution in [0.5, 0.6) is 11.5 Å². The number of aromatic hydroxyl groups is 2. The monoisotopic (exact) mass is 1110 g/mol. The van der Waals surface area contributed by atoms with Crippen molar-refractivity contribution in [2.45, 2.75) is 47.3 Å². The molecule has 0 aliphatic carbocycles. The largest absolute Gasteiger partial charge is 0.508 e. The summed E-state index contributed by atoms with van der Waals surface area (Å²) < 4.78 is 137. The molecule has 0 unspecified atom stereocenters. The van der Waals surface area contributed by atoms with Crippen molar-refractivity contribution in [3.05, 3.63) is 144 Å². The molecule has 0 spiro atoms. The molecule has 0 radical (unpaired) electrons. The van der Waals surface area contributed by atoms with Gasteiger partial charge in [-0.2, -0.15) is 74.6 Å². The zero-order chi connectivity index (χ0) is 55.1. The first-order valence-corrected chi connectivity index (χ1v) is 27.4. The van der Waals surface area contributed by atoms with Gasteiger partial charge in [-0.1, -0.05) is 0 Å². The number of benzene rings is 8. The third-order valence-electron chi connectivity index (χ3n) is 11.2. The first-order valence-electron chi connectivity index (χ1n) is 21.6. The molecule has 0 amide bonds. The van der Waals surface area contributed by atoms with E-state index in [1.807, 2.05) is 0 Å². The van der Waals surface area contributed by atoms with Gasteiger partial charge in [0.1, 0.15) is 31.8 Å². The summed E-state index contributed by atoms with van der Waals surface area (Å²) in [6, 6.07) is 27.3. The van der Waals surface area contributed by atoms with Gasteiger partial charge in [0.25, 0.3) is 40.5 Å². The van der Waals surface area contributed by atoms with Gasteiger partial charge in [0.15, 0.2) is 5.75 Å². The number of azo groups is 5. The number of fused-ring (bicyclic) bond motifs is 2. The summed E-state index contributed by atoms with van der Waals surface area (Å²) in [5.41, 5.74) is 4.31. The molecule has 28 heteroatoms. The lowest BCUT2D eigenvalue weighted by Gasteiger charge is -2.10. The number of hydrogen-bond donors (Lipinski definition) is 6. The predicted octanol–water partition coefficient (Wildman–Crippen LogP) is 13.7. The van der Waals surface area contributed by atoms with Crippen LogP contribution in [0.2, 0.25) is 0 Å². The topological polar surface area (TPSA) is 382 Å². The lowest BCUT2D eigenvalue weighted by Crippen LogP contribution is -2.05. The molecule has 0 heterocycles. The molecule has 0 saturated heterocycles. The van der Waals surface area contributed by atoms with Crippen LogP contribution in [0.15, 0.2) is 192 Å². The van der Waals surface area contributed by atoms with Crippen LogP contribution in [0.3, 0.4) is 0 Å². The second-order valence-electron chi connectivity index (χ2n) is 16.7. The molecule has 0 atom stereocenters. The van der Waals surface area contributed by atoms with Gasteiger partial charge < -0.3 is 10.2 Å². The standard InChI is InChI=1S/C48H38N10O14S4/c1-25-15-33(8-13-39(25)53-51-32-9-14-40(26(2)16-32)54-57-43-24-38-30(21-45(43)75(67,68)69)20-36(73(61,62)63)23-44(38)74(64,65)66)52-55-41-17-28(4)42(18-27(41)3)56-58-47-46(76(70,71)72)22-29-19-34(7-12-37(29)48(47)60)50-49-31-5-10-35(59)11-6-31/h5-24,59-60H,1-4H3,(H,61,62,63)(H,64,65,66)(H,67,68,69)(H,70,71,72). The zero-order valence-corrected chi connectivity index (χ0v) is 42.9. The number of rotatable bonds is 14. The fraction of sp³-hybridized carbons (Fsp3) is 0.0833. The number of aryl methyl sites for hydroxylation is 4. The predicted molar refractivity (Wildman–Crippen MR) is 276 cm³/mol. The molecule has 6 N–H and O–H groups in total. The van der Waals surface area contributed by atoms with Crippen LogP contribution >= 0.6 is 0 Å². The van der Waals surface area contributed by atoms with Crippen LogP contribution in [0.4, 0.5) is 56.9 Å². The molecule has 388 valence electrons. The van der Waals surface area contributed by atoms with Gasteiger partial charge in [-0.25, -0.2) is 0 Å². The lowest BCUT2D eigenvalue weighted by atomic mass is 10.1. The van der Waals surface area contributed by atoms with E-state index in [1.165, 1.54) is 42.5 Å². The fourth-order valence-electron chi connectivity index (χ4n) is 7.36. The van der Waals surface area contributed by atoms with Gasteiger partial charge in [-0.05, 0) is 182 Å². The van der Waals surface area contributed by atoms with Gasteiger partial charge in [-0.3, -0.25) is 18.2 Å². The highest BCUT2D eigenvalue weighted by Gasteiger charge is 2.26. The summed E-state index contributed by atoms with van der Waals surface area (Å²) in [6.07, 6.45) is 0. The maximum Gasteiger partial charge on any atom is 0.296 e. The van der Waals surface area contributed by atoms with Gasteiger partial charge in [-0.15, -0.1) is 10.2 Å². The maximum atomic E-state index is 12.5. The van der Waals surface area contributed by atoms with Crippen LogP contribution in [-0.4, -0.2) is 62.1 Å². The molecule has 8 aromatic carbocycles. The third kappa shape index (κ3) is 12.2. The summed E-state index contributed by atoms with van der Waals surface area (Å²) in [7, 11) is -20.2. The highest BCUT2D eigenvalue weighted by Crippen LogP contribution is 2.44. The minimum absolute atomic E-state index is 0.0526. The highest BCUT2D eigenvalue weighted by atomic mass is 32.2. The highest BCUT2D eigenvalue weighted by molar-refractivity contribution is 7.87. The minimum atomic E-state index is -5.15. The Labute approximate surface area is 432 Å².